The molecule has 1 aromatic rings. The van der Waals surface area contributed by atoms with Gasteiger partial charge in [0.1, 0.15) is 0 Å². The highest BCUT2D eigenvalue weighted by Crippen LogP contribution is 2.08. The molecule has 1 amide bonds. The Balaban J connectivity index is 2.31. The molecule has 5 heteroatoms. The first kappa shape index (κ1) is 13.7. The average Bonchev–Trinajstić information content (AvgIpc) is 2.26. The molecular weight excluding hydrogens is 284 g/mol. The number of carbonyl (C=O) groups is 1. The van der Waals surface area contributed by atoms with E-state index >= 15 is 0 Å². The van der Waals surface area contributed by atoms with Crippen molar-refractivity contribution in [2.45, 2.75) is 19.9 Å². The smallest absolute Gasteiger partial charge is 0.260 e. The number of nitrogens with one attached hydrogen (secondary N) is 1. The Hall–Kier alpha value is -1.36. The number of oxime groups is 1. The summed E-state index contributed by atoms with van der Waals surface area (Å²) >= 11 is 3.34. The summed E-state index contributed by atoms with van der Waals surface area (Å²) in [5.74, 6) is -0.173. The number of hydrogen-bond acceptors (Lipinski definition) is 3. The minimum atomic E-state index is -0.173. The molecule has 0 aliphatic heterocycles. The lowest BCUT2D eigenvalue weighted by Crippen LogP contribution is -2.32. The Morgan fingerprint density at radius 2 is 2.12 bits per heavy atom. The number of benzene rings is 1. The second-order valence-corrected chi connectivity index (χ2v) is 4.70. The molecule has 0 aromatic heterocycles. The average molecular weight is 299 g/mol. The molecule has 1 aromatic carbocycles. The van der Waals surface area contributed by atoms with Crippen LogP contribution in [0.25, 0.3) is 0 Å². The fraction of sp³-hybridized carbons (Fsp3) is 0.333. The molecule has 0 bridgehead atoms. The van der Waals surface area contributed by atoms with E-state index in [-0.39, 0.29) is 18.6 Å². The highest BCUT2D eigenvalue weighted by molar-refractivity contribution is 9.10. The molecule has 0 atom stereocenters. The molecule has 1 rings (SSSR count). The summed E-state index contributed by atoms with van der Waals surface area (Å²) in [4.78, 5) is 16.1. The van der Waals surface area contributed by atoms with E-state index in [0.717, 1.165) is 10.0 Å². The van der Waals surface area contributed by atoms with Crippen LogP contribution in [0.15, 0.2) is 33.9 Å². The molecule has 0 unspecified atom stereocenters. The Morgan fingerprint density at radius 3 is 2.71 bits per heavy atom. The minimum absolute atomic E-state index is 0.0643. The van der Waals surface area contributed by atoms with Crippen LogP contribution in [0.5, 0.6) is 0 Å². The van der Waals surface area contributed by atoms with Crippen LogP contribution < -0.4 is 5.32 Å². The zero-order valence-corrected chi connectivity index (χ0v) is 11.4. The quantitative estimate of drug-likeness (QED) is 0.670. The van der Waals surface area contributed by atoms with E-state index in [1.807, 2.05) is 38.1 Å². The zero-order valence-electron chi connectivity index (χ0n) is 9.81. The molecule has 1 N–H and O–H groups in total. The van der Waals surface area contributed by atoms with Crippen LogP contribution >= 0.6 is 15.9 Å². The van der Waals surface area contributed by atoms with E-state index in [1.165, 1.54) is 0 Å². The molecule has 92 valence electrons. The number of nitrogens with zero attached hydrogens (tertiary/aromatic N) is 1. The number of amides is 1. The lowest BCUT2D eigenvalue weighted by Gasteiger charge is -2.06. The highest BCUT2D eigenvalue weighted by atomic mass is 79.9. The normalized spacial score (nSPS) is 10.8. The minimum Gasteiger partial charge on any atom is -0.386 e. The SMILES string of the molecule is CC(C)NC(=O)CO/N=C\c1ccc(Br)cc1. The summed E-state index contributed by atoms with van der Waals surface area (Å²) in [6.07, 6.45) is 1.56. The van der Waals surface area contributed by atoms with Crippen LogP contribution in [0, 0.1) is 0 Å². The summed E-state index contributed by atoms with van der Waals surface area (Å²) in [6.45, 7) is 3.72. The van der Waals surface area contributed by atoms with Crippen LogP contribution in [-0.4, -0.2) is 24.8 Å². The Bertz CT molecular complexity index is 388. The Kier molecular flexibility index (Phi) is 5.69. The molecule has 17 heavy (non-hydrogen) atoms. The first-order valence-electron chi connectivity index (χ1n) is 5.28. The predicted molar refractivity (Wildman–Crippen MR) is 71.0 cm³/mol. The van der Waals surface area contributed by atoms with Crippen LogP contribution in [0.4, 0.5) is 0 Å². The van der Waals surface area contributed by atoms with Crippen molar-refractivity contribution < 1.29 is 9.63 Å². The first-order chi connectivity index (χ1) is 8.08. The lowest BCUT2D eigenvalue weighted by molar-refractivity contribution is -0.126. The lowest BCUT2D eigenvalue weighted by atomic mass is 10.2. The number of carbonyl (C=O) groups excluding carboxylic acids is 1. The third-order valence-corrected chi connectivity index (χ3v) is 2.32. The van der Waals surface area contributed by atoms with Gasteiger partial charge in [-0.25, -0.2) is 0 Å². The van der Waals surface area contributed by atoms with Crippen LogP contribution in [0.3, 0.4) is 0 Å². The molecular formula is C12H15BrN2O2. The molecule has 0 radical (unpaired) electrons. The van der Waals surface area contributed by atoms with Crippen LogP contribution in [-0.2, 0) is 9.63 Å². The maximum Gasteiger partial charge on any atom is 0.260 e. The fourth-order valence-electron chi connectivity index (χ4n) is 1.11. The van der Waals surface area contributed by atoms with E-state index in [2.05, 4.69) is 26.4 Å². The van der Waals surface area contributed by atoms with Crippen molar-refractivity contribution in [2.24, 2.45) is 5.16 Å². The third kappa shape index (κ3) is 6.06. The summed E-state index contributed by atoms with van der Waals surface area (Å²) in [6, 6.07) is 7.72. The fourth-order valence-corrected chi connectivity index (χ4v) is 1.37. The molecule has 0 saturated heterocycles. The second kappa shape index (κ2) is 7.06. The van der Waals surface area contributed by atoms with Gasteiger partial charge in [-0.15, -0.1) is 0 Å². The summed E-state index contributed by atoms with van der Waals surface area (Å²) in [5, 5.41) is 6.42. The molecule has 0 heterocycles. The van der Waals surface area contributed by atoms with Gasteiger partial charge in [0.05, 0.1) is 6.21 Å². The summed E-state index contributed by atoms with van der Waals surface area (Å²) in [5.41, 5.74) is 0.914. The van der Waals surface area contributed by atoms with Crippen molar-refractivity contribution in [3.8, 4) is 0 Å². The molecule has 0 aliphatic carbocycles. The highest BCUT2D eigenvalue weighted by Gasteiger charge is 2.02. The summed E-state index contributed by atoms with van der Waals surface area (Å²) < 4.78 is 1.01. The first-order valence-corrected chi connectivity index (χ1v) is 6.07. The Labute approximate surface area is 109 Å². The predicted octanol–water partition coefficient (Wildman–Crippen LogP) is 2.32. The van der Waals surface area contributed by atoms with Gasteiger partial charge in [-0.2, -0.15) is 0 Å². The standard InChI is InChI=1S/C12H15BrN2O2/c1-9(2)15-12(16)8-17-14-7-10-3-5-11(13)6-4-10/h3-7,9H,8H2,1-2H3,(H,15,16)/b14-7-. The molecule has 4 nitrogen and oxygen atoms in total. The van der Waals surface area contributed by atoms with Crippen LogP contribution in [0.1, 0.15) is 19.4 Å². The molecule has 0 spiro atoms. The van der Waals surface area contributed by atoms with Crippen molar-refractivity contribution in [2.75, 3.05) is 6.61 Å². The number of rotatable bonds is 5. The van der Waals surface area contributed by atoms with Gasteiger partial charge in [0.15, 0.2) is 6.61 Å². The molecule has 0 aliphatic rings. The van der Waals surface area contributed by atoms with E-state index in [0.29, 0.717) is 0 Å². The monoisotopic (exact) mass is 298 g/mol. The van der Waals surface area contributed by atoms with E-state index in [1.54, 1.807) is 6.21 Å². The second-order valence-electron chi connectivity index (χ2n) is 3.78. The van der Waals surface area contributed by atoms with Gasteiger partial charge >= 0.3 is 0 Å². The van der Waals surface area contributed by atoms with Gasteiger partial charge in [-0.3, -0.25) is 4.79 Å². The topological polar surface area (TPSA) is 50.7 Å². The van der Waals surface area contributed by atoms with Gasteiger partial charge in [0.25, 0.3) is 5.91 Å². The number of hydrogen-bond donors (Lipinski definition) is 1. The maximum atomic E-state index is 11.2. The van der Waals surface area contributed by atoms with Gasteiger partial charge in [-0.05, 0) is 31.5 Å². The maximum absolute atomic E-state index is 11.2. The van der Waals surface area contributed by atoms with E-state index in [4.69, 9.17) is 4.84 Å². The van der Waals surface area contributed by atoms with Crippen molar-refractivity contribution in [3.63, 3.8) is 0 Å². The van der Waals surface area contributed by atoms with Gasteiger partial charge in [-0.1, -0.05) is 33.2 Å². The van der Waals surface area contributed by atoms with Crippen molar-refractivity contribution in [1.82, 2.24) is 5.32 Å². The van der Waals surface area contributed by atoms with Gasteiger partial charge in [0, 0.05) is 10.5 Å². The molecule has 0 saturated carbocycles. The number of halogens is 1. The Morgan fingerprint density at radius 1 is 1.47 bits per heavy atom. The van der Waals surface area contributed by atoms with Crippen molar-refractivity contribution >= 4 is 28.1 Å². The van der Waals surface area contributed by atoms with E-state index < -0.39 is 0 Å². The van der Waals surface area contributed by atoms with Crippen molar-refractivity contribution in [3.05, 3.63) is 34.3 Å². The zero-order chi connectivity index (χ0) is 12.7. The third-order valence-electron chi connectivity index (χ3n) is 1.79. The van der Waals surface area contributed by atoms with Gasteiger partial charge < -0.3 is 10.2 Å². The molecule has 0 fully saturated rings. The van der Waals surface area contributed by atoms with Gasteiger partial charge in [0.2, 0.25) is 0 Å². The van der Waals surface area contributed by atoms with Crippen molar-refractivity contribution in [1.29, 1.82) is 0 Å². The summed E-state index contributed by atoms with van der Waals surface area (Å²) in [7, 11) is 0. The van der Waals surface area contributed by atoms with Crippen LogP contribution in [0.2, 0.25) is 0 Å². The van der Waals surface area contributed by atoms with E-state index in [9.17, 15) is 4.79 Å². The largest absolute Gasteiger partial charge is 0.386 e.